The number of esters is 6. The minimum absolute atomic E-state index is 0.00882. The Bertz CT molecular complexity index is 1260. The predicted octanol–water partition coefficient (Wildman–Crippen LogP) is 4.60. The van der Waals surface area contributed by atoms with Crippen LogP contribution >= 0.6 is 0 Å². The Morgan fingerprint density at radius 3 is 1.71 bits per heavy atom. The van der Waals surface area contributed by atoms with Crippen molar-refractivity contribution in [3.8, 4) is 0 Å². The quantitative estimate of drug-likeness (QED) is 0.132. The summed E-state index contributed by atoms with van der Waals surface area (Å²) < 4.78 is 52.8. The van der Waals surface area contributed by atoms with Crippen LogP contribution in [0.2, 0.25) is 0 Å². The van der Waals surface area contributed by atoms with Gasteiger partial charge in [0.1, 0.15) is 18.8 Å². The molecule has 0 radical (unpaired) electrons. The van der Waals surface area contributed by atoms with Crippen LogP contribution in [0.4, 0.5) is 0 Å². The molecule has 0 aromatic heterocycles. The molecule has 1 saturated carbocycles. The number of methoxy groups -OCH3 is 1. The molecule has 2 fully saturated rings. The van der Waals surface area contributed by atoms with Crippen molar-refractivity contribution in [2.45, 2.75) is 155 Å². The highest BCUT2D eigenvalue weighted by Crippen LogP contribution is 2.49. The number of carbonyl (C=O) groups excluding carboxylic acids is 6. The molecule has 0 aromatic carbocycles. The first-order valence-corrected chi connectivity index (χ1v) is 18.6. The van der Waals surface area contributed by atoms with Gasteiger partial charge in [-0.1, -0.05) is 41.5 Å². The minimum atomic E-state index is -1.51. The van der Waals surface area contributed by atoms with Crippen LogP contribution in [0.1, 0.15) is 112 Å². The molecule has 3 aliphatic rings. The van der Waals surface area contributed by atoms with E-state index in [1.54, 1.807) is 20.8 Å². The maximum absolute atomic E-state index is 13.1. The molecule has 0 N–H and O–H groups in total. The molecule has 2 heterocycles. The van der Waals surface area contributed by atoms with Gasteiger partial charge in [0.25, 0.3) is 0 Å². The lowest BCUT2D eigenvalue weighted by molar-refractivity contribution is -0.345. The van der Waals surface area contributed by atoms with Gasteiger partial charge in [0.2, 0.25) is 12.6 Å². The maximum Gasteiger partial charge on any atom is 0.337 e. The first kappa shape index (κ1) is 42.7. The van der Waals surface area contributed by atoms with Crippen molar-refractivity contribution in [2.24, 2.45) is 17.8 Å². The van der Waals surface area contributed by atoms with Gasteiger partial charge in [-0.15, -0.1) is 0 Å². The molecule has 15 nitrogen and oxygen atoms in total. The fourth-order valence-corrected chi connectivity index (χ4v) is 6.71. The second-order valence-electron chi connectivity index (χ2n) is 13.4. The fourth-order valence-electron chi connectivity index (χ4n) is 6.71. The Kier molecular flexibility index (Phi) is 17.3. The number of fused-ring (bicyclic) bond motifs is 1. The SMILES string of the molecule is CCCC(=O)OC[C@H]1O[C@@H](O[C@@H]2OC=C(C(=O)OC)[C@H]3C[C@H](OC(=O)CCC)[C@H](C)[C@@H]23)[C@H](OC(=O)CCC)[C@@H](OC(=O)CCC)[C@@H]1OC(=O)CCC. The molecule has 1 aliphatic carbocycles. The third-order valence-electron chi connectivity index (χ3n) is 9.23. The van der Waals surface area contributed by atoms with E-state index in [4.69, 9.17) is 42.6 Å². The maximum atomic E-state index is 13.1. The summed E-state index contributed by atoms with van der Waals surface area (Å²) in [6, 6.07) is 0. The van der Waals surface area contributed by atoms with E-state index < -0.39 is 91.4 Å². The molecule has 10 atom stereocenters. The molecule has 2 aliphatic heterocycles. The lowest BCUT2D eigenvalue weighted by Gasteiger charge is -2.46. The fraction of sp³-hybridized carbons (Fsp3) is 0.784. The summed E-state index contributed by atoms with van der Waals surface area (Å²) in [6.45, 7) is 10.5. The summed E-state index contributed by atoms with van der Waals surface area (Å²) in [7, 11) is 1.25. The summed E-state index contributed by atoms with van der Waals surface area (Å²) in [4.78, 5) is 77.0. The Hall–Kier alpha value is -3.72. The van der Waals surface area contributed by atoms with E-state index in [9.17, 15) is 28.8 Å². The number of rotatable bonds is 19. The number of hydrogen-bond acceptors (Lipinski definition) is 15. The monoisotopic (exact) mass is 740 g/mol. The van der Waals surface area contributed by atoms with Gasteiger partial charge >= 0.3 is 35.8 Å². The molecular weight excluding hydrogens is 684 g/mol. The Morgan fingerprint density at radius 2 is 1.17 bits per heavy atom. The van der Waals surface area contributed by atoms with Gasteiger partial charge in [0, 0.05) is 49.9 Å². The van der Waals surface area contributed by atoms with Crippen molar-refractivity contribution in [3.05, 3.63) is 11.8 Å². The third kappa shape index (κ3) is 11.4. The summed E-state index contributed by atoms with van der Waals surface area (Å²) >= 11 is 0. The summed E-state index contributed by atoms with van der Waals surface area (Å²) in [5, 5.41) is 0. The zero-order valence-corrected chi connectivity index (χ0v) is 31.5. The lowest BCUT2D eigenvalue weighted by atomic mass is 9.83. The van der Waals surface area contributed by atoms with Crippen molar-refractivity contribution in [3.63, 3.8) is 0 Å². The van der Waals surface area contributed by atoms with E-state index in [1.165, 1.54) is 13.4 Å². The van der Waals surface area contributed by atoms with Gasteiger partial charge in [-0.2, -0.15) is 0 Å². The van der Waals surface area contributed by atoms with E-state index in [-0.39, 0.29) is 56.0 Å². The molecule has 3 rings (SSSR count). The first-order valence-electron chi connectivity index (χ1n) is 18.6. The van der Waals surface area contributed by atoms with Gasteiger partial charge in [0.15, 0.2) is 18.3 Å². The van der Waals surface area contributed by atoms with Crippen molar-refractivity contribution in [2.75, 3.05) is 13.7 Å². The standard InChI is InChI=1S/C37H56O15/c1-8-13-26(38)45-20-25-32(49-28(40)15-10-3)33(50-29(41)16-11-4)34(51-30(42)17-12-5)37(48-25)52-36-31-21(6)24(47-27(39)14-9-2)18-22(31)23(19-46-36)35(43)44-7/h19,21-22,24-25,31-34,36-37H,8-18,20H2,1-7H3/t21-,22+,24-,25+,31+,32+,33-,34+,36-,37-/m0/s1. The summed E-state index contributed by atoms with van der Waals surface area (Å²) in [5.41, 5.74) is 0.235. The Morgan fingerprint density at radius 1 is 0.673 bits per heavy atom. The van der Waals surface area contributed by atoms with E-state index in [0.29, 0.717) is 32.1 Å². The van der Waals surface area contributed by atoms with Crippen LogP contribution in [0, 0.1) is 17.8 Å². The van der Waals surface area contributed by atoms with Crippen LogP contribution in [0.25, 0.3) is 0 Å². The molecule has 0 bridgehead atoms. The number of hydrogen-bond donors (Lipinski definition) is 0. The van der Waals surface area contributed by atoms with Crippen LogP contribution in [0.3, 0.4) is 0 Å². The normalized spacial score (nSPS) is 29.4. The molecule has 0 amide bonds. The van der Waals surface area contributed by atoms with E-state index >= 15 is 0 Å². The first-order chi connectivity index (χ1) is 24.9. The topological polar surface area (TPSA) is 185 Å². The van der Waals surface area contributed by atoms with E-state index in [2.05, 4.69) is 0 Å². The van der Waals surface area contributed by atoms with Crippen LogP contribution in [-0.2, 0) is 71.4 Å². The van der Waals surface area contributed by atoms with E-state index in [0.717, 1.165) is 0 Å². The van der Waals surface area contributed by atoms with Crippen LogP contribution in [0.5, 0.6) is 0 Å². The molecule has 52 heavy (non-hydrogen) atoms. The molecule has 0 aromatic rings. The number of ether oxygens (including phenoxy) is 9. The predicted molar refractivity (Wildman–Crippen MR) is 180 cm³/mol. The smallest absolute Gasteiger partial charge is 0.337 e. The zero-order chi connectivity index (χ0) is 38.4. The van der Waals surface area contributed by atoms with Gasteiger partial charge < -0.3 is 42.6 Å². The van der Waals surface area contributed by atoms with Crippen molar-refractivity contribution in [1.29, 1.82) is 0 Å². The highest BCUT2D eigenvalue weighted by molar-refractivity contribution is 5.89. The zero-order valence-electron chi connectivity index (χ0n) is 31.5. The van der Waals surface area contributed by atoms with Gasteiger partial charge in [0.05, 0.1) is 18.9 Å². The minimum Gasteiger partial charge on any atom is -0.472 e. The largest absolute Gasteiger partial charge is 0.472 e. The number of carbonyl (C=O) groups is 6. The third-order valence-corrected chi connectivity index (χ3v) is 9.23. The summed E-state index contributed by atoms with van der Waals surface area (Å²) in [6.07, 6.45) is -4.36. The molecule has 1 saturated heterocycles. The van der Waals surface area contributed by atoms with Crippen LogP contribution in [0.15, 0.2) is 11.8 Å². The van der Waals surface area contributed by atoms with Crippen LogP contribution < -0.4 is 0 Å². The average Bonchev–Trinajstić information content (AvgIpc) is 3.42. The highest BCUT2D eigenvalue weighted by atomic mass is 16.8. The van der Waals surface area contributed by atoms with Crippen molar-refractivity contribution in [1.82, 2.24) is 0 Å². The molecule has 0 unspecified atom stereocenters. The van der Waals surface area contributed by atoms with Gasteiger partial charge in [-0.05, 0) is 38.5 Å². The van der Waals surface area contributed by atoms with Crippen molar-refractivity contribution < 1.29 is 71.4 Å². The molecular formula is C37H56O15. The molecule has 0 spiro atoms. The van der Waals surface area contributed by atoms with Crippen molar-refractivity contribution >= 4 is 35.8 Å². The molecule has 15 heteroatoms. The average molecular weight is 741 g/mol. The second-order valence-corrected chi connectivity index (χ2v) is 13.4. The Balaban J connectivity index is 2.09. The van der Waals surface area contributed by atoms with Crippen LogP contribution in [-0.4, -0.2) is 92.6 Å². The van der Waals surface area contributed by atoms with Gasteiger partial charge in [-0.3, -0.25) is 24.0 Å². The van der Waals surface area contributed by atoms with Gasteiger partial charge in [-0.25, -0.2) is 4.79 Å². The second kappa shape index (κ2) is 21.1. The lowest BCUT2D eigenvalue weighted by Crippen LogP contribution is -2.64. The molecule has 294 valence electrons. The van der Waals surface area contributed by atoms with E-state index in [1.807, 2.05) is 20.8 Å². The highest BCUT2D eigenvalue weighted by Gasteiger charge is 2.57. The Labute approximate surface area is 305 Å². The summed E-state index contributed by atoms with van der Waals surface area (Å²) in [5.74, 6) is -4.94.